The van der Waals surface area contributed by atoms with Crippen LogP contribution in [0.15, 0.2) is 28.6 Å². The molecule has 2 aliphatic heterocycles. The molecule has 0 bridgehead atoms. The van der Waals surface area contributed by atoms with Crippen LogP contribution < -0.4 is 0 Å². The van der Waals surface area contributed by atoms with Gasteiger partial charge in [0, 0.05) is 24.4 Å². The second-order valence-electron chi connectivity index (χ2n) is 5.67. The highest BCUT2D eigenvalue weighted by Crippen LogP contribution is 2.39. The second-order valence-corrected chi connectivity index (χ2v) is 5.67. The Hall–Kier alpha value is -1.25. The molecule has 2 heterocycles. The van der Waals surface area contributed by atoms with E-state index in [0.29, 0.717) is 6.17 Å². The summed E-state index contributed by atoms with van der Waals surface area (Å²) in [7, 11) is 0. The minimum atomic E-state index is 0.135. The highest BCUT2D eigenvalue weighted by atomic mass is 15.6. The molecule has 0 fully saturated rings. The van der Waals surface area contributed by atoms with Crippen LogP contribution in [-0.4, -0.2) is 28.8 Å². The van der Waals surface area contributed by atoms with Gasteiger partial charge in [0.05, 0.1) is 5.70 Å². The molecular formula is C14H23N3. The molecule has 0 saturated heterocycles. The maximum atomic E-state index is 4.56. The molecule has 2 aliphatic rings. The monoisotopic (exact) mass is 233 g/mol. The van der Waals surface area contributed by atoms with Gasteiger partial charge in [0.1, 0.15) is 6.17 Å². The van der Waals surface area contributed by atoms with Gasteiger partial charge in [0.15, 0.2) is 0 Å². The van der Waals surface area contributed by atoms with E-state index < -0.39 is 0 Å². The lowest BCUT2D eigenvalue weighted by Gasteiger charge is -2.36. The van der Waals surface area contributed by atoms with Crippen molar-refractivity contribution < 1.29 is 0 Å². The maximum absolute atomic E-state index is 4.56. The van der Waals surface area contributed by atoms with E-state index in [1.165, 1.54) is 11.3 Å². The fourth-order valence-corrected chi connectivity index (χ4v) is 2.44. The van der Waals surface area contributed by atoms with Gasteiger partial charge in [-0.05, 0) is 25.0 Å². The SMILES string of the molecule is CCC1=CC=NN2C(C(C)(C)C)=CN(CC)C12. The number of allylic oxidation sites excluding steroid dienone is 2. The number of fused-ring (bicyclic) bond motifs is 1. The normalized spacial score (nSPS) is 23.7. The van der Waals surface area contributed by atoms with E-state index in [-0.39, 0.29) is 5.41 Å². The van der Waals surface area contributed by atoms with Gasteiger partial charge in [-0.3, -0.25) is 0 Å². The topological polar surface area (TPSA) is 18.8 Å². The lowest BCUT2D eigenvalue weighted by Crippen LogP contribution is -2.41. The molecule has 1 unspecified atom stereocenters. The van der Waals surface area contributed by atoms with Crippen LogP contribution in [0.25, 0.3) is 0 Å². The van der Waals surface area contributed by atoms with Crippen molar-refractivity contribution in [2.24, 2.45) is 10.5 Å². The fraction of sp³-hybridized carbons (Fsp3) is 0.643. The van der Waals surface area contributed by atoms with Crippen LogP contribution in [0.3, 0.4) is 0 Å². The minimum absolute atomic E-state index is 0.135. The third-order valence-corrected chi connectivity index (χ3v) is 3.43. The van der Waals surface area contributed by atoms with Crippen LogP contribution in [0.4, 0.5) is 0 Å². The zero-order valence-electron chi connectivity index (χ0n) is 11.6. The predicted octanol–water partition coefficient (Wildman–Crippen LogP) is 3.17. The summed E-state index contributed by atoms with van der Waals surface area (Å²) in [4.78, 5) is 2.38. The molecule has 0 spiro atoms. The van der Waals surface area contributed by atoms with Gasteiger partial charge in [-0.25, -0.2) is 5.01 Å². The zero-order chi connectivity index (χ0) is 12.6. The van der Waals surface area contributed by atoms with Crippen LogP contribution in [0.1, 0.15) is 41.0 Å². The van der Waals surface area contributed by atoms with Gasteiger partial charge in [-0.1, -0.05) is 27.7 Å². The smallest absolute Gasteiger partial charge is 0.145 e. The molecule has 0 aromatic heterocycles. The standard InChI is InChI=1S/C14H23N3/c1-6-11-8-9-15-17-12(14(3,4)5)10-16(7-2)13(11)17/h8-10,13H,6-7H2,1-5H3. The third-order valence-electron chi connectivity index (χ3n) is 3.43. The number of rotatable bonds is 2. The predicted molar refractivity (Wildman–Crippen MR) is 72.4 cm³/mol. The summed E-state index contributed by atoms with van der Waals surface area (Å²) in [5.74, 6) is 0. The maximum Gasteiger partial charge on any atom is 0.145 e. The number of nitrogens with zero attached hydrogens (tertiary/aromatic N) is 3. The molecule has 0 amide bonds. The molecule has 0 saturated carbocycles. The van der Waals surface area contributed by atoms with Crippen LogP contribution >= 0.6 is 0 Å². The molecule has 0 aromatic rings. The third kappa shape index (κ3) is 1.99. The first-order valence-electron chi connectivity index (χ1n) is 6.49. The van der Waals surface area contributed by atoms with Gasteiger partial charge in [0.2, 0.25) is 0 Å². The summed E-state index contributed by atoms with van der Waals surface area (Å²) in [6.07, 6.45) is 7.74. The number of hydrogen-bond acceptors (Lipinski definition) is 3. The molecule has 3 nitrogen and oxygen atoms in total. The van der Waals surface area contributed by atoms with Gasteiger partial charge < -0.3 is 4.90 Å². The van der Waals surface area contributed by atoms with Crippen molar-refractivity contribution in [1.82, 2.24) is 9.91 Å². The van der Waals surface area contributed by atoms with Gasteiger partial charge in [-0.2, -0.15) is 5.10 Å². The molecule has 1 atom stereocenters. The lowest BCUT2D eigenvalue weighted by atomic mass is 9.92. The van der Waals surface area contributed by atoms with Gasteiger partial charge >= 0.3 is 0 Å². The summed E-state index contributed by atoms with van der Waals surface area (Å²) >= 11 is 0. The highest BCUT2D eigenvalue weighted by Gasteiger charge is 2.39. The second kappa shape index (κ2) is 4.21. The van der Waals surface area contributed by atoms with E-state index in [4.69, 9.17) is 0 Å². The Morgan fingerprint density at radius 2 is 2.00 bits per heavy atom. The first-order valence-corrected chi connectivity index (χ1v) is 6.49. The summed E-state index contributed by atoms with van der Waals surface area (Å²) in [6.45, 7) is 12.2. The average molecular weight is 233 g/mol. The Labute approximate surface area is 104 Å². The number of hydrazone groups is 1. The quantitative estimate of drug-likeness (QED) is 0.729. The van der Waals surface area contributed by atoms with E-state index in [1.807, 2.05) is 6.21 Å². The van der Waals surface area contributed by atoms with E-state index in [1.54, 1.807) is 0 Å². The van der Waals surface area contributed by atoms with E-state index in [2.05, 4.69) is 61.9 Å². The highest BCUT2D eigenvalue weighted by molar-refractivity contribution is 5.73. The molecule has 0 aromatic carbocycles. The van der Waals surface area contributed by atoms with Crippen LogP contribution in [0.2, 0.25) is 0 Å². The molecule has 17 heavy (non-hydrogen) atoms. The Morgan fingerprint density at radius 1 is 1.29 bits per heavy atom. The van der Waals surface area contributed by atoms with Crippen molar-refractivity contribution in [3.63, 3.8) is 0 Å². The van der Waals surface area contributed by atoms with Crippen molar-refractivity contribution in [1.29, 1.82) is 0 Å². The van der Waals surface area contributed by atoms with Crippen molar-refractivity contribution in [2.45, 2.75) is 47.2 Å². The van der Waals surface area contributed by atoms with E-state index in [0.717, 1.165) is 13.0 Å². The molecule has 0 radical (unpaired) electrons. The Morgan fingerprint density at radius 3 is 2.53 bits per heavy atom. The van der Waals surface area contributed by atoms with Crippen LogP contribution in [0.5, 0.6) is 0 Å². The molecular weight excluding hydrogens is 210 g/mol. The van der Waals surface area contributed by atoms with Crippen LogP contribution in [-0.2, 0) is 0 Å². The number of likely N-dealkylation sites (N-methyl/N-ethyl adjacent to an activating group) is 1. The Kier molecular flexibility index (Phi) is 3.02. The fourth-order valence-electron chi connectivity index (χ4n) is 2.44. The lowest BCUT2D eigenvalue weighted by molar-refractivity contribution is 0.163. The zero-order valence-corrected chi connectivity index (χ0v) is 11.6. The van der Waals surface area contributed by atoms with Crippen molar-refractivity contribution in [3.05, 3.63) is 23.5 Å². The van der Waals surface area contributed by atoms with Gasteiger partial charge in [0.25, 0.3) is 0 Å². The summed E-state index contributed by atoms with van der Waals surface area (Å²) in [6, 6.07) is 0. The number of hydrogen-bond donors (Lipinski definition) is 0. The van der Waals surface area contributed by atoms with E-state index >= 15 is 0 Å². The minimum Gasteiger partial charge on any atom is -0.351 e. The van der Waals surface area contributed by atoms with Crippen molar-refractivity contribution in [3.8, 4) is 0 Å². The molecule has 0 aliphatic carbocycles. The van der Waals surface area contributed by atoms with E-state index in [9.17, 15) is 0 Å². The average Bonchev–Trinajstić information content (AvgIpc) is 2.67. The molecule has 3 heteroatoms. The first-order chi connectivity index (χ1) is 7.99. The first kappa shape index (κ1) is 12.2. The molecule has 94 valence electrons. The Balaban J connectivity index is 2.37. The van der Waals surface area contributed by atoms with Crippen LogP contribution in [0, 0.1) is 5.41 Å². The Bertz CT molecular complexity index is 385. The van der Waals surface area contributed by atoms with Crippen molar-refractivity contribution in [2.75, 3.05) is 6.54 Å². The summed E-state index contributed by atoms with van der Waals surface area (Å²) in [5.41, 5.74) is 2.88. The van der Waals surface area contributed by atoms with Crippen molar-refractivity contribution >= 4 is 6.21 Å². The van der Waals surface area contributed by atoms with Gasteiger partial charge in [-0.15, -0.1) is 0 Å². The summed E-state index contributed by atoms with van der Waals surface area (Å²) < 4.78 is 0. The molecule has 0 N–H and O–H groups in total. The largest absolute Gasteiger partial charge is 0.351 e. The molecule has 2 rings (SSSR count). The summed E-state index contributed by atoms with van der Waals surface area (Å²) in [5, 5.41) is 6.74.